The molecule has 1 saturated heterocycles. The zero-order chi connectivity index (χ0) is 12.1. The molecule has 0 aromatic heterocycles. The van der Waals surface area contributed by atoms with Crippen molar-refractivity contribution in [1.82, 2.24) is 4.90 Å². The Labute approximate surface area is 103 Å². The summed E-state index contributed by atoms with van der Waals surface area (Å²) in [6, 6.07) is 7.94. The van der Waals surface area contributed by atoms with E-state index in [4.69, 9.17) is 5.73 Å². The minimum absolute atomic E-state index is 0.241. The monoisotopic (exact) mass is 232 g/mol. The molecule has 1 aromatic carbocycles. The number of likely N-dealkylation sites (tertiary alicyclic amines) is 1. The highest BCUT2D eigenvalue weighted by atomic mass is 16.2. The number of piperidine rings is 1. The molecule has 1 heterocycles. The number of nitrogens with zero attached hydrogens (tertiary/aromatic N) is 1. The number of carbonyl (C=O) groups excluding carboxylic acids is 1. The molecule has 0 unspecified atom stereocenters. The molecule has 1 aliphatic heterocycles. The fourth-order valence-electron chi connectivity index (χ4n) is 2.35. The number of rotatable bonds is 3. The van der Waals surface area contributed by atoms with Crippen LogP contribution in [-0.4, -0.2) is 23.9 Å². The van der Waals surface area contributed by atoms with Gasteiger partial charge in [0, 0.05) is 19.6 Å². The van der Waals surface area contributed by atoms with E-state index in [9.17, 15) is 4.79 Å². The fraction of sp³-hybridized carbons (Fsp3) is 0.500. The predicted molar refractivity (Wildman–Crippen MR) is 68.5 cm³/mol. The van der Waals surface area contributed by atoms with Crippen molar-refractivity contribution < 1.29 is 4.79 Å². The second kappa shape index (κ2) is 5.82. The first-order chi connectivity index (χ1) is 8.31. The first-order valence-corrected chi connectivity index (χ1v) is 6.36. The lowest BCUT2D eigenvalue weighted by molar-refractivity contribution is -0.131. The molecule has 92 valence electrons. The molecule has 0 aliphatic carbocycles. The van der Waals surface area contributed by atoms with Crippen molar-refractivity contribution in [2.75, 3.05) is 13.1 Å². The van der Waals surface area contributed by atoms with Crippen molar-refractivity contribution >= 4 is 5.91 Å². The summed E-state index contributed by atoms with van der Waals surface area (Å²) in [6.07, 6.45) is 4.03. The molecule has 0 saturated carbocycles. The zero-order valence-electron chi connectivity index (χ0n) is 10.2. The lowest BCUT2D eigenvalue weighted by Crippen LogP contribution is -2.36. The average Bonchev–Trinajstić information content (AvgIpc) is 2.40. The number of hydrogen-bond donors (Lipinski definition) is 1. The van der Waals surface area contributed by atoms with Crippen LogP contribution in [0.4, 0.5) is 0 Å². The van der Waals surface area contributed by atoms with Gasteiger partial charge in [0.25, 0.3) is 0 Å². The molecule has 3 nitrogen and oxygen atoms in total. The van der Waals surface area contributed by atoms with Crippen molar-refractivity contribution in [3.05, 3.63) is 35.4 Å². The van der Waals surface area contributed by atoms with Crippen LogP contribution in [0.15, 0.2) is 24.3 Å². The Morgan fingerprint density at radius 3 is 2.41 bits per heavy atom. The summed E-state index contributed by atoms with van der Waals surface area (Å²) < 4.78 is 0. The Morgan fingerprint density at radius 2 is 1.76 bits per heavy atom. The third-order valence-corrected chi connectivity index (χ3v) is 3.39. The molecule has 17 heavy (non-hydrogen) atoms. The maximum atomic E-state index is 12.1. The smallest absolute Gasteiger partial charge is 0.227 e. The summed E-state index contributed by atoms with van der Waals surface area (Å²) >= 11 is 0. The topological polar surface area (TPSA) is 46.3 Å². The highest BCUT2D eigenvalue weighted by Gasteiger charge is 2.17. The number of carbonyl (C=O) groups is 1. The summed E-state index contributed by atoms with van der Waals surface area (Å²) in [5.74, 6) is 0.241. The lowest BCUT2D eigenvalue weighted by Gasteiger charge is -2.27. The normalized spacial score (nSPS) is 15.9. The quantitative estimate of drug-likeness (QED) is 0.862. The van der Waals surface area contributed by atoms with Gasteiger partial charge in [-0.05, 0) is 30.4 Å². The van der Waals surface area contributed by atoms with Crippen molar-refractivity contribution in [1.29, 1.82) is 0 Å². The molecule has 0 bridgehead atoms. The van der Waals surface area contributed by atoms with Gasteiger partial charge < -0.3 is 10.6 Å². The van der Waals surface area contributed by atoms with Gasteiger partial charge in [0.1, 0.15) is 0 Å². The van der Waals surface area contributed by atoms with Crippen molar-refractivity contribution in [2.24, 2.45) is 5.73 Å². The Morgan fingerprint density at radius 1 is 1.12 bits per heavy atom. The maximum absolute atomic E-state index is 12.1. The number of hydrogen-bond acceptors (Lipinski definition) is 2. The van der Waals surface area contributed by atoms with Gasteiger partial charge in [-0.25, -0.2) is 0 Å². The first-order valence-electron chi connectivity index (χ1n) is 6.36. The van der Waals surface area contributed by atoms with E-state index < -0.39 is 0 Å². The molecule has 1 fully saturated rings. The van der Waals surface area contributed by atoms with E-state index in [0.717, 1.165) is 37.1 Å². The highest BCUT2D eigenvalue weighted by molar-refractivity contribution is 5.79. The van der Waals surface area contributed by atoms with Gasteiger partial charge in [0.2, 0.25) is 5.91 Å². The molecule has 2 rings (SSSR count). The maximum Gasteiger partial charge on any atom is 0.227 e. The largest absolute Gasteiger partial charge is 0.342 e. The summed E-state index contributed by atoms with van der Waals surface area (Å²) in [5, 5.41) is 0. The lowest BCUT2D eigenvalue weighted by atomic mass is 10.0. The molecule has 3 heteroatoms. The molecule has 1 amide bonds. The summed E-state index contributed by atoms with van der Waals surface area (Å²) in [5.41, 5.74) is 7.84. The van der Waals surface area contributed by atoms with Crippen LogP contribution in [-0.2, 0) is 17.8 Å². The molecular weight excluding hydrogens is 212 g/mol. The second-order valence-corrected chi connectivity index (χ2v) is 4.59. The standard InChI is InChI=1S/C14H20N2O/c15-11-13-7-3-2-6-12(13)10-14(17)16-8-4-1-5-9-16/h2-3,6-7H,1,4-5,8-11,15H2. The summed E-state index contributed by atoms with van der Waals surface area (Å²) in [4.78, 5) is 14.1. The Hall–Kier alpha value is -1.35. The van der Waals surface area contributed by atoms with Crippen LogP contribution in [0, 0.1) is 0 Å². The summed E-state index contributed by atoms with van der Waals surface area (Å²) in [6.45, 7) is 2.34. The van der Waals surface area contributed by atoms with Crippen LogP contribution in [0.2, 0.25) is 0 Å². The third kappa shape index (κ3) is 3.07. The van der Waals surface area contributed by atoms with Gasteiger partial charge in [0.15, 0.2) is 0 Å². The Balaban J connectivity index is 2.01. The minimum Gasteiger partial charge on any atom is -0.342 e. The van der Waals surface area contributed by atoms with E-state index in [1.165, 1.54) is 6.42 Å². The molecule has 0 spiro atoms. The van der Waals surface area contributed by atoms with Crippen LogP contribution in [0.5, 0.6) is 0 Å². The van der Waals surface area contributed by atoms with Gasteiger partial charge in [-0.15, -0.1) is 0 Å². The van der Waals surface area contributed by atoms with E-state index in [2.05, 4.69) is 0 Å². The van der Waals surface area contributed by atoms with Crippen LogP contribution in [0.3, 0.4) is 0 Å². The minimum atomic E-state index is 0.241. The average molecular weight is 232 g/mol. The van der Waals surface area contributed by atoms with Gasteiger partial charge in [0.05, 0.1) is 6.42 Å². The number of amides is 1. The molecule has 1 aliphatic rings. The van der Waals surface area contributed by atoms with Gasteiger partial charge in [-0.3, -0.25) is 4.79 Å². The van der Waals surface area contributed by atoms with Crippen LogP contribution < -0.4 is 5.73 Å². The molecular formula is C14H20N2O. The van der Waals surface area contributed by atoms with Crippen LogP contribution in [0.1, 0.15) is 30.4 Å². The van der Waals surface area contributed by atoms with Crippen molar-refractivity contribution in [3.63, 3.8) is 0 Å². The molecule has 0 radical (unpaired) electrons. The molecule has 2 N–H and O–H groups in total. The van der Waals surface area contributed by atoms with Crippen LogP contribution in [0.25, 0.3) is 0 Å². The second-order valence-electron chi connectivity index (χ2n) is 4.59. The van der Waals surface area contributed by atoms with E-state index in [-0.39, 0.29) is 5.91 Å². The predicted octanol–water partition coefficient (Wildman–Crippen LogP) is 1.70. The van der Waals surface area contributed by atoms with Gasteiger partial charge in [-0.2, -0.15) is 0 Å². The highest BCUT2D eigenvalue weighted by Crippen LogP contribution is 2.13. The first kappa shape index (κ1) is 12.1. The van der Waals surface area contributed by atoms with Gasteiger partial charge >= 0.3 is 0 Å². The van der Waals surface area contributed by atoms with Crippen molar-refractivity contribution in [3.8, 4) is 0 Å². The van der Waals surface area contributed by atoms with E-state index in [0.29, 0.717) is 13.0 Å². The van der Waals surface area contributed by atoms with Crippen LogP contribution >= 0.6 is 0 Å². The molecule has 0 atom stereocenters. The van der Waals surface area contributed by atoms with E-state index >= 15 is 0 Å². The Kier molecular flexibility index (Phi) is 4.15. The van der Waals surface area contributed by atoms with Gasteiger partial charge in [-0.1, -0.05) is 24.3 Å². The number of nitrogens with two attached hydrogens (primary N) is 1. The number of benzene rings is 1. The molecule has 1 aromatic rings. The van der Waals surface area contributed by atoms with Crippen molar-refractivity contribution in [2.45, 2.75) is 32.2 Å². The summed E-state index contributed by atoms with van der Waals surface area (Å²) in [7, 11) is 0. The zero-order valence-corrected chi connectivity index (χ0v) is 10.2. The SMILES string of the molecule is NCc1ccccc1CC(=O)N1CCCCC1. The van der Waals surface area contributed by atoms with E-state index in [1.807, 2.05) is 29.2 Å². The third-order valence-electron chi connectivity index (χ3n) is 3.39. The van der Waals surface area contributed by atoms with E-state index in [1.54, 1.807) is 0 Å². The Bertz CT molecular complexity index is 384. The fourth-order valence-corrected chi connectivity index (χ4v) is 2.35.